The number of hydrogen-bond donors (Lipinski definition) is 0. The first-order chi connectivity index (χ1) is 10.6. The van der Waals surface area contributed by atoms with Gasteiger partial charge >= 0.3 is 0 Å². The summed E-state index contributed by atoms with van der Waals surface area (Å²) in [5.74, 6) is 2.20. The van der Waals surface area contributed by atoms with E-state index < -0.39 is 0 Å². The van der Waals surface area contributed by atoms with Crippen LogP contribution in [0.1, 0.15) is 30.1 Å². The van der Waals surface area contributed by atoms with Crippen LogP contribution in [-0.4, -0.2) is 51.2 Å². The molecule has 0 bridgehead atoms. The zero-order valence-corrected chi connectivity index (χ0v) is 13.4. The van der Waals surface area contributed by atoms with Crippen LogP contribution in [0.2, 0.25) is 0 Å². The number of hydrogen-bond acceptors (Lipinski definition) is 7. The van der Waals surface area contributed by atoms with Crippen LogP contribution in [-0.2, 0) is 6.54 Å². The zero-order valence-electron chi connectivity index (χ0n) is 13.4. The van der Waals surface area contributed by atoms with Gasteiger partial charge < -0.3 is 9.42 Å². The Morgan fingerprint density at radius 2 is 1.91 bits per heavy atom. The molecular formula is C15H22N6O. The van der Waals surface area contributed by atoms with Crippen molar-refractivity contribution in [3.8, 4) is 0 Å². The van der Waals surface area contributed by atoms with Crippen molar-refractivity contribution < 1.29 is 4.52 Å². The van der Waals surface area contributed by atoms with Crippen LogP contribution in [0.4, 0.5) is 5.95 Å². The van der Waals surface area contributed by atoms with Crippen LogP contribution in [0.5, 0.6) is 0 Å². The molecule has 0 amide bonds. The summed E-state index contributed by atoms with van der Waals surface area (Å²) in [4.78, 5) is 17.6. The minimum absolute atomic E-state index is 0.475. The zero-order chi connectivity index (χ0) is 15.5. The third-order valence-corrected chi connectivity index (χ3v) is 4.12. The molecule has 1 saturated heterocycles. The van der Waals surface area contributed by atoms with E-state index in [1.807, 2.05) is 26.2 Å². The lowest BCUT2D eigenvalue weighted by Gasteiger charge is -2.36. The van der Waals surface area contributed by atoms with Crippen LogP contribution in [0, 0.1) is 13.8 Å². The second-order valence-corrected chi connectivity index (χ2v) is 5.91. The topological polar surface area (TPSA) is 71.2 Å². The third kappa shape index (κ3) is 3.41. The maximum absolute atomic E-state index is 5.19. The number of nitrogens with zero attached hydrogens (tertiary/aromatic N) is 6. The first kappa shape index (κ1) is 14.9. The molecule has 3 rings (SSSR count). The molecule has 0 saturated carbocycles. The molecule has 118 valence electrons. The molecule has 0 spiro atoms. The maximum Gasteiger partial charge on any atom is 0.240 e. The summed E-state index contributed by atoms with van der Waals surface area (Å²) in [5, 5.41) is 3.83. The van der Waals surface area contributed by atoms with Gasteiger partial charge in [0, 0.05) is 38.6 Å². The van der Waals surface area contributed by atoms with Gasteiger partial charge in [-0.25, -0.2) is 9.97 Å². The number of rotatable bonds is 4. The largest absolute Gasteiger partial charge is 0.341 e. The Morgan fingerprint density at radius 3 is 2.50 bits per heavy atom. The van der Waals surface area contributed by atoms with Crippen molar-refractivity contribution in [2.75, 3.05) is 25.0 Å². The van der Waals surface area contributed by atoms with E-state index in [2.05, 4.69) is 37.0 Å². The summed E-state index contributed by atoms with van der Waals surface area (Å²) >= 11 is 0. The molecule has 2 aromatic rings. The molecule has 0 aliphatic carbocycles. The van der Waals surface area contributed by atoms with E-state index in [1.165, 1.54) is 0 Å². The van der Waals surface area contributed by atoms with E-state index in [4.69, 9.17) is 4.52 Å². The van der Waals surface area contributed by atoms with Crippen LogP contribution in [0.25, 0.3) is 0 Å². The fourth-order valence-electron chi connectivity index (χ4n) is 2.79. The molecule has 0 aromatic carbocycles. The number of piperidine rings is 1. The van der Waals surface area contributed by atoms with Gasteiger partial charge in [0.1, 0.15) is 0 Å². The Balaban J connectivity index is 1.53. The average molecular weight is 302 g/mol. The summed E-state index contributed by atoms with van der Waals surface area (Å²) in [6, 6.07) is 0.475. The van der Waals surface area contributed by atoms with Crippen molar-refractivity contribution >= 4 is 5.95 Å². The lowest BCUT2D eigenvalue weighted by molar-refractivity contribution is 0.179. The van der Waals surface area contributed by atoms with E-state index in [-0.39, 0.29) is 0 Å². The molecule has 7 nitrogen and oxygen atoms in total. The summed E-state index contributed by atoms with van der Waals surface area (Å²) in [5.41, 5.74) is 1.09. The van der Waals surface area contributed by atoms with Crippen molar-refractivity contribution in [1.29, 1.82) is 0 Å². The average Bonchev–Trinajstić information content (AvgIpc) is 2.93. The molecule has 0 radical (unpaired) electrons. The minimum Gasteiger partial charge on any atom is -0.341 e. The molecule has 7 heteroatoms. The Kier molecular flexibility index (Phi) is 4.33. The molecule has 2 aromatic heterocycles. The highest BCUT2D eigenvalue weighted by molar-refractivity contribution is 5.30. The lowest BCUT2D eigenvalue weighted by Crippen LogP contribution is -2.43. The number of aryl methyl sites for hydroxylation is 2. The number of anilines is 1. The van der Waals surface area contributed by atoms with Gasteiger partial charge in [0.05, 0.1) is 6.54 Å². The first-order valence-corrected chi connectivity index (χ1v) is 7.65. The second kappa shape index (κ2) is 6.39. The third-order valence-electron chi connectivity index (χ3n) is 4.12. The predicted molar refractivity (Wildman–Crippen MR) is 82.5 cm³/mol. The standard InChI is InChI=1S/C15H22N6O/c1-11-8-16-15(17-9-11)20(3)13-4-6-21(7-5-13)10-14-18-12(2)19-22-14/h8-9,13H,4-7,10H2,1-3H3. The fraction of sp³-hybridized carbons (Fsp3) is 0.600. The fourth-order valence-corrected chi connectivity index (χ4v) is 2.79. The van der Waals surface area contributed by atoms with E-state index >= 15 is 0 Å². The van der Waals surface area contributed by atoms with Crippen LogP contribution in [0.15, 0.2) is 16.9 Å². The molecule has 0 atom stereocenters. The van der Waals surface area contributed by atoms with Crippen molar-refractivity contribution in [2.24, 2.45) is 0 Å². The second-order valence-electron chi connectivity index (χ2n) is 5.91. The number of likely N-dealkylation sites (tertiary alicyclic amines) is 1. The maximum atomic E-state index is 5.19. The molecule has 1 aliphatic heterocycles. The highest BCUT2D eigenvalue weighted by Crippen LogP contribution is 2.20. The lowest BCUT2D eigenvalue weighted by atomic mass is 10.0. The van der Waals surface area contributed by atoms with Gasteiger partial charge in [0.15, 0.2) is 5.82 Å². The molecule has 0 unspecified atom stereocenters. The molecule has 3 heterocycles. The Labute approximate surface area is 130 Å². The highest BCUT2D eigenvalue weighted by atomic mass is 16.5. The Morgan fingerprint density at radius 1 is 1.23 bits per heavy atom. The highest BCUT2D eigenvalue weighted by Gasteiger charge is 2.24. The monoisotopic (exact) mass is 302 g/mol. The summed E-state index contributed by atoms with van der Waals surface area (Å²) in [6.45, 7) is 6.61. The molecule has 1 aliphatic rings. The van der Waals surface area contributed by atoms with E-state index in [9.17, 15) is 0 Å². The van der Waals surface area contributed by atoms with Crippen molar-refractivity contribution in [1.82, 2.24) is 25.0 Å². The number of aromatic nitrogens is 4. The molecule has 0 N–H and O–H groups in total. The van der Waals surface area contributed by atoms with E-state index in [0.29, 0.717) is 17.8 Å². The molecule has 1 fully saturated rings. The summed E-state index contributed by atoms with van der Waals surface area (Å²) < 4.78 is 5.19. The summed E-state index contributed by atoms with van der Waals surface area (Å²) in [7, 11) is 2.08. The molecular weight excluding hydrogens is 280 g/mol. The van der Waals surface area contributed by atoms with E-state index in [0.717, 1.165) is 44.0 Å². The Hall–Kier alpha value is -2.02. The van der Waals surface area contributed by atoms with Crippen molar-refractivity contribution in [3.63, 3.8) is 0 Å². The van der Waals surface area contributed by atoms with Gasteiger partial charge in [0.2, 0.25) is 11.8 Å². The Bertz CT molecular complexity index is 603. The van der Waals surface area contributed by atoms with E-state index in [1.54, 1.807) is 0 Å². The SMILES string of the molecule is Cc1cnc(N(C)C2CCN(Cc3nc(C)no3)CC2)nc1. The summed E-state index contributed by atoms with van der Waals surface area (Å²) in [6.07, 6.45) is 5.90. The predicted octanol–water partition coefficient (Wildman–Crippen LogP) is 1.58. The van der Waals surface area contributed by atoms with Crippen LogP contribution in [0.3, 0.4) is 0 Å². The quantitative estimate of drug-likeness (QED) is 0.849. The van der Waals surface area contributed by atoms with Gasteiger partial charge in [-0.1, -0.05) is 5.16 Å². The van der Waals surface area contributed by atoms with Gasteiger partial charge in [-0.15, -0.1) is 0 Å². The minimum atomic E-state index is 0.475. The van der Waals surface area contributed by atoms with Gasteiger partial charge in [-0.2, -0.15) is 4.98 Å². The van der Waals surface area contributed by atoms with Crippen molar-refractivity contribution in [3.05, 3.63) is 29.7 Å². The first-order valence-electron chi connectivity index (χ1n) is 7.65. The van der Waals surface area contributed by atoms with Crippen LogP contribution < -0.4 is 4.90 Å². The smallest absolute Gasteiger partial charge is 0.240 e. The van der Waals surface area contributed by atoms with Gasteiger partial charge in [0.25, 0.3) is 0 Å². The van der Waals surface area contributed by atoms with Gasteiger partial charge in [-0.05, 0) is 32.3 Å². The van der Waals surface area contributed by atoms with Gasteiger partial charge in [-0.3, -0.25) is 4.90 Å². The molecule has 22 heavy (non-hydrogen) atoms. The normalized spacial score (nSPS) is 16.9. The van der Waals surface area contributed by atoms with Crippen LogP contribution >= 0.6 is 0 Å². The van der Waals surface area contributed by atoms with Crippen molar-refractivity contribution in [2.45, 2.75) is 39.3 Å².